The van der Waals surface area contributed by atoms with Gasteiger partial charge in [-0.2, -0.15) is 0 Å². The lowest BCUT2D eigenvalue weighted by Gasteiger charge is -2.13. The van der Waals surface area contributed by atoms with Gasteiger partial charge in [-0.15, -0.1) is 0 Å². The second-order valence-electron chi connectivity index (χ2n) is 4.29. The molecule has 2 aromatic rings. The summed E-state index contributed by atoms with van der Waals surface area (Å²) in [6.07, 6.45) is 0. The summed E-state index contributed by atoms with van der Waals surface area (Å²) in [5.41, 5.74) is 2.41. The number of carbonyl (C=O) groups is 1. The molecular weight excluding hydrogens is 297 g/mol. The lowest BCUT2D eigenvalue weighted by atomic mass is 10.2. The van der Waals surface area contributed by atoms with E-state index >= 15 is 0 Å². The molecule has 0 heterocycles. The van der Waals surface area contributed by atoms with Crippen LogP contribution in [-0.2, 0) is 4.79 Å². The first-order valence-electron chi connectivity index (χ1n) is 5.97. The number of nitrogens with one attached hydrogen (secondary N) is 1. The number of hydrogen-bond acceptors (Lipinski definition) is 3. The van der Waals surface area contributed by atoms with Gasteiger partial charge in [-0.1, -0.05) is 29.3 Å². The van der Waals surface area contributed by atoms with Crippen molar-refractivity contribution in [2.24, 2.45) is 0 Å². The molecule has 1 N–H and O–H groups in total. The molecule has 0 fully saturated rings. The van der Waals surface area contributed by atoms with Crippen molar-refractivity contribution in [2.75, 3.05) is 5.32 Å². The minimum atomic E-state index is -0.348. The predicted octanol–water partition coefficient (Wildman–Crippen LogP) is 4.97. The normalized spacial score (nSPS) is 10.2. The van der Waals surface area contributed by atoms with Crippen LogP contribution in [0.5, 0.6) is 5.75 Å². The van der Waals surface area contributed by atoms with Gasteiger partial charge in [0, 0.05) is 12.6 Å². The van der Waals surface area contributed by atoms with E-state index < -0.39 is 0 Å². The topological polar surface area (TPSA) is 38.3 Å². The van der Waals surface area contributed by atoms with E-state index in [9.17, 15) is 4.79 Å². The molecule has 0 aromatic heterocycles. The largest absolute Gasteiger partial charge is 0.427 e. The maximum atomic E-state index is 10.9. The van der Waals surface area contributed by atoms with Gasteiger partial charge in [-0.05, 0) is 42.8 Å². The van der Waals surface area contributed by atoms with Crippen molar-refractivity contribution >= 4 is 40.5 Å². The molecule has 0 spiro atoms. The number of benzene rings is 2. The number of aryl methyl sites for hydroxylation is 1. The van der Waals surface area contributed by atoms with Crippen molar-refractivity contribution < 1.29 is 9.53 Å². The average Bonchev–Trinajstić information content (AvgIpc) is 2.35. The Balaban J connectivity index is 2.28. The number of rotatable bonds is 3. The molecule has 3 nitrogen and oxygen atoms in total. The monoisotopic (exact) mass is 309 g/mol. The van der Waals surface area contributed by atoms with E-state index in [1.807, 2.05) is 13.0 Å². The first-order chi connectivity index (χ1) is 9.47. The van der Waals surface area contributed by atoms with E-state index in [-0.39, 0.29) is 5.97 Å². The molecule has 5 heteroatoms. The van der Waals surface area contributed by atoms with Crippen LogP contribution in [0.15, 0.2) is 36.4 Å². The Hall–Kier alpha value is -1.71. The van der Waals surface area contributed by atoms with Gasteiger partial charge in [0.05, 0.1) is 15.7 Å². The van der Waals surface area contributed by atoms with Crippen molar-refractivity contribution in [3.8, 4) is 5.75 Å². The molecule has 2 aromatic carbocycles. The average molecular weight is 310 g/mol. The van der Waals surface area contributed by atoms with Gasteiger partial charge < -0.3 is 10.1 Å². The Morgan fingerprint density at radius 1 is 1.15 bits per heavy atom. The molecule has 0 unspecified atom stereocenters. The summed E-state index contributed by atoms with van der Waals surface area (Å²) in [6, 6.07) is 10.6. The molecule has 104 valence electrons. The van der Waals surface area contributed by atoms with Crippen LogP contribution in [0.1, 0.15) is 12.5 Å². The Bertz CT molecular complexity index is 636. The van der Waals surface area contributed by atoms with Crippen molar-refractivity contribution in [1.82, 2.24) is 0 Å². The molecule has 0 aliphatic rings. The zero-order valence-corrected chi connectivity index (χ0v) is 12.5. The van der Waals surface area contributed by atoms with Gasteiger partial charge in [0.2, 0.25) is 0 Å². The summed E-state index contributed by atoms with van der Waals surface area (Å²) in [4.78, 5) is 10.9. The maximum Gasteiger partial charge on any atom is 0.308 e. The zero-order valence-electron chi connectivity index (χ0n) is 11.0. The van der Waals surface area contributed by atoms with Crippen LogP contribution < -0.4 is 10.1 Å². The SMILES string of the molecule is CC(=O)Oc1ccc(Nc2c(Cl)cccc2Cl)c(C)c1. The van der Waals surface area contributed by atoms with Crippen molar-refractivity contribution in [2.45, 2.75) is 13.8 Å². The number of para-hydroxylation sites is 1. The number of carbonyl (C=O) groups excluding carboxylic acids is 1. The molecule has 2 rings (SSSR count). The van der Waals surface area contributed by atoms with Crippen LogP contribution in [0.25, 0.3) is 0 Å². The van der Waals surface area contributed by atoms with Crippen molar-refractivity contribution in [3.05, 3.63) is 52.0 Å². The van der Waals surface area contributed by atoms with E-state index in [0.717, 1.165) is 11.3 Å². The quantitative estimate of drug-likeness (QED) is 0.642. The van der Waals surface area contributed by atoms with E-state index in [1.54, 1.807) is 30.3 Å². The molecule has 0 radical (unpaired) electrons. The third-order valence-corrected chi connectivity index (χ3v) is 3.31. The molecule has 0 saturated carbocycles. The number of halogens is 2. The van der Waals surface area contributed by atoms with Gasteiger partial charge in [0.1, 0.15) is 5.75 Å². The van der Waals surface area contributed by atoms with Gasteiger partial charge in [0.25, 0.3) is 0 Å². The smallest absolute Gasteiger partial charge is 0.308 e. The molecule has 0 amide bonds. The van der Waals surface area contributed by atoms with E-state index in [1.165, 1.54) is 6.92 Å². The highest BCUT2D eigenvalue weighted by molar-refractivity contribution is 6.39. The summed E-state index contributed by atoms with van der Waals surface area (Å²) in [7, 11) is 0. The van der Waals surface area contributed by atoms with Crippen LogP contribution in [-0.4, -0.2) is 5.97 Å². The Morgan fingerprint density at radius 3 is 2.35 bits per heavy atom. The minimum Gasteiger partial charge on any atom is -0.427 e. The summed E-state index contributed by atoms with van der Waals surface area (Å²) in [5.74, 6) is 0.157. The fraction of sp³-hybridized carbons (Fsp3) is 0.133. The molecule has 0 saturated heterocycles. The molecule has 0 aliphatic heterocycles. The lowest BCUT2D eigenvalue weighted by Crippen LogP contribution is -2.02. The number of ether oxygens (including phenoxy) is 1. The third kappa shape index (κ3) is 3.44. The predicted molar refractivity (Wildman–Crippen MR) is 82.2 cm³/mol. The van der Waals surface area contributed by atoms with Crippen LogP contribution in [0.4, 0.5) is 11.4 Å². The summed E-state index contributed by atoms with van der Waals surface area (Å²) in [6.45, 7) is 3.27. The first-order valence-corrected chi connectivity index (χ1v) is 6.73. The molecule has 0 aliphatic carbocycles. The molecule has 20 heavy (non-hydrogen) atoms. The van der Waals surface area contributed by atoms with Crippen LogP contribution in [0.3, 0.4) is 0 Å². The zero-order chi connectivity index (χ0) is 14.7. The highest BCUT2D eigenvalue weighted by Crippen LogP contribution is 2.34. The van der Waals surface area contributed by atoms with Crippen molar-refractivity contribution in [3.63, 3.8) is 0 Å². The summed E-state index contributed by atoms with van der Waals surface area (Å²) >= 11 is 12.2. The maximum absolute atomic E-state index is 10.9. The van der Waals surface area contributed by atoms with E-state index in [0.29, 0.717) is 21.5 Å². The Kier molecular flexibility index (Phi) is 4.53. The number of hydrogen-bond donors (Lipinski definition) is 1. The summed E-state index contributed by atoms with van der Waals surface area (Å²) < 4.78 is 5.03. The van der Waals surface area contributed by atoms with Gasteiger partial charge in [-0.25, -0.2) is 0 Å². The summed E-state index contributed by atoms with van der Waals surface area (Å²) in [5, 5.41) is 4.27. The van der Waals surface area contributed by atoms with Gasteiger partial charge in [0.15, 0.2) is 0 Å². The number of anilines is 2. The Labute approximate surface area is 127 Å². The number of esters is 1. The van der Waals surface area contributed by atoms with Crippen LogP contribution >= 0.6 is 23.2 Å². The highest BCUT2D eigenvalue weighted by atomic mass is 35.5. The molecular formula is C15H13Cl2NO2. The van der Waals surface area contributed by atoms with Crippen molar-refractivity contribution in [1.29, 1.82) is 0 Å². The van der Waals surface area contributed by atoms with Gasteiger partial charge in [-0.3, -0.25) is 4.79 Å². The standard InChI is InChI=1S/C15H13Cl2NO2/c1-9-8-11(20-10(2)19)6-7-14(9)18-15-12(16)4-3-5-13(15)17/h3-8,18H,1-2H3. The Morgan fingerprint density at radius 2 is 1.80 bits per heavy atom. The second-order valence-corrected chi connectivity index (χ2v) is 5.11. The lowest BCUT2D eigenvalue weighted by molar-refractivity contribution is -0.131. The fourth-order valence-electron chi connectivity index (χ4n) is 1.76. The first kappa shape index (κ1) is 14.7. The van der Waals surface area contributed by atoms with E-state index in [4.69, 9.17) is 27.9 Å². The van der Waals surface area contributed by atoms with E-state index in [2.05, 4.69) is 5.32 Å². The fourth-order valence-corrected chi connectivity index (χ4v) is 2.25. The van der Waals surface area contributed by atoms with Crippen LogP contribution in [0.2, 0.25) is 10.0 Å². The molecule has 0 atom stereocenters. The third-order valence-electron chi connectivity index (χ3n) is 2.68. The molecule has 0 bridgehead atoms. The van der Waals surface area contributed by atoms with Crippen LogP contribution in [0, 0.1) is 6.92 Å². The highest BCUT2D eigenvalue weighted by Gasteiger charge is 2.08. The minimum absolute atomic E-state index is 0.348. The second kappa shape index (κ2) is 6.16. The van der Waals surface area contributed by atoms with Gasteiger partial charge >= 0.3 is 5.97 Å².